The smallest absolute Gasteiger partial charge is 0.262 e. The minimum atomic E-state index is -2.60. The molecule has 5 heteroatoms. The normalized spacial score (nSPS) is 30.0. The average Bonchev–Trinajstić information content (AvgIpc) is 2.05. The van der Waals surface area contributed by atoms with E-state index in [0.29, 0.717) is 0 Å². The molecule has 1 rings (SSSR count). The first-order chi connectivity index (χ1) is 4.55. The first-order valence-electron chi connectivity index (χ1n) is 3.24. The van der Waals surface area contributed by atoms with Gasteiger partial charge in [0.1, 0.15) is 0 Å². The second kappa shape index (κ2) is 4.21. The summed E-state index contributed by atoms with van der Waals surface area (Å²) in [6.45, 7) is -0.398. The molecule has 0 saturated carbocycles. The van der Waals surface area contributed by atoms with Crippen molar-refractivity contribution in [3.8, 4) is 0 Å². The zero-order chi connectivity index (χ0) is 7.78. The van der Waals surface area contributed by atoms with Gasteiger partial charge in [0, 0.05) is 45.2 Å². The predicted octanol–water partition coefficient (Wildman–Crippen LogP) is 0.316. The van der Waals surface area contributed by atoms with Crippen molar-refractivity contribution in [3.05, 3.63) is 0 Å². The fraction of sp³-hybridized carbons (Fsp3) is 1.00. The maximum absolute atomic E-state index is 12.5. The van der Waals surface area contributed by atoms with Crippen LogP contribution in [0.15, 0.2) is 0 Å². The van der Waals surface area contributed by atoms with E-state index in [4.69, 9.17) is 5.11 Å². The number of aliphatic hydroxyl groups excluding tert-OH is 1. The summed E-state index contributed by atoms with van der Waals surface area (Å²) in [7, 11) is 1.60. The Morgan fingerprint density at radius 3 is 2.36 bits per heavy atom. The second-order valence-corrected chi connectivity index (χ2v) is 2.81. The molecule has 0 amide bonds. The van der Waals surface area contributed by atoms with Crippen molar-refractivity contribution >= 4 is 0 Å². The van der Waals surface area contributed by atoms with Crippen LogP contribution in [0.3, 0.4) is 0 Å². The number of hydrogen-bond acceptors (Lipinski definition) is 2. The van der Waals surface area contributed by atoms with E-state index in [0.717, 1.165) is 0 Å². The molecule has 1 atom stereocenters. The van der Waals surface area contributed by atoms with Gasteiger partial charge in [-0.1, -0.05) is 0 Å². The maximum atomic E-state index is 12.5. The van der Waals surface area contributed by atoms with Crippen molar-refractivity contribution in [2.45, 2.75) is 18.4 Å². The number of alkyl halides is 2. The summed E-state index contributed by atoms with van der Waals surface area (Å²) in [5, 5.41) is 8.59. The van der Waals surface area contributed by atoms with Crippen LogP contribution in [0.2, 0.25) is 0 Å². The molecule has 1 N–H and O–H groups in total. The number of aliphatic hydroxyl groups is 1. The van der Waals surface area contributed by atoms with E-state index >= 15 is 0 Å². The second-order valence-electron chi connectivity index (χ2n) is 2.81. The third-order valence-electron chi connectivity index (χ3n) is 1.85. The number of halogens is 2. The van der Waals surface area contributed by atoms with E-state index < -0.39 is 5.92 Å². The minimum absolute atomic E-state index is 0. The molecule has 0 aromatic heterocycles. The van der Waals surface area contributed by atoms with E-state index in [1.165, 1.54) is 4.90 Å². The van der Waals surface area contributed by atoms with Gasteiger partial charge in [0.25, 0.3) is 5.92 Å². The molecule has 1 radical (unpaired) electrons. The van der Waals surface area contributed by atoms with Gasteiger partial charge in [-0.05, 0) is 7.05 Å². The molecule has 1 unspecified atom stereocenters. The van der Waals surface area contributed by atoms with Crippen molar-refractivity contribution < 1.29 is 46.6 Å². The molecular formula is C6H11F2NOY. The van der Waals surface area contributed by atoms with Crippen molar-refractivity contribution in [3.63, 3.8) is 0 Å². The molecule has 63 valence electrons. The Morgan fingerprint density at radius 1 is 1.64 bits per heavy atom. The van der Waals surface area contributed by atoms with E-state index in [9.17, 15) is 8.78 Å². The Morgan fingerprint density at radius 2 is 2.18 bits per heavy atom. The maximum Gasteiger partial charge on any atom is 0.262 e. The topological polar surface area (TPSA) is 23.5 Å². The molecule has 0 aliphatic carbocycles. The van der Waals surface area contributed by atoms with Crippen molar-refractivity contribution in [1.29, 1.82) is 0 Å². The van der Waals surface area contributed by atoms with Crippen LogP contribution in [0.25, 0.3) is 0 Å². The molecule has 1 fully saturated rings. The number of hydrogen-bond donors (Lipinski definition) is 1. The van der Waals surface area contributed by atoms with Crippen LogP contribution in [-0.4, -0.2) is 42.2 Å². The van der Waals surface area contributed by atoms with E-state index in [-0.39, 0.29) is 58.3 Å². The summed E-state index contributed by atoms with van der Waals surface area (Å²) in [5.74, 6) is -2.60. The molecule has 1 aliphatic heterocycles. The molecule has 0 bridgehead atoms. The van der Waals surface area contributed by atoms with Crippen LogP contribution in [-0.2, 0) is 32.7 Å². The van der Waals surface area contributed by atoms with Crippen molar-refractivity contribution in [2.24, 2.45) is 0 Å². The first kappa shape index (κ1) is 11.9. The molecule has 11 heavy (non-hydrogen) atoms. The van der Waals surface area contributed by atoms with Crippen molar-refractivity contribution in [2.75, 3.05) is 20.2 Å². The number of rotatable bonds is 1. The first-order valence-corrected chi connectivity index (χ1v) is 3.24. The summed E-state index contributed by atoms with van der Waals surface area (Å²) in [6.07, 6.45) is -0.208. The predicted molar refractivity (Wildman–Crippen MR) is 33.1 cm³/mol. The zero-order valence-corrected chi connectivity index (χ0v) is 9.26. The van der Waals surface area contributed by atoms with Gasteiger partial charge in [0.05, 0.1) is 13.2 Å². The minimum Gasteiger partial charge on any atom is -0.395 e. The zero-order valence-electron chi connectivity index (χ0n) is 6.43. The van der Waals surface area contributed by atoms with E-state index in [1.54, 1.807) is 7.05 Å². The Bertz CT molecular complexity index is 134. The Hall–Kier alpha value is 0.884. The van der Waals surface area contributed by atoms with E-state index in [1.807, 2.05) is 0 Å². The third-order valence-corrected chi connectivity index (χ3v) is 1.85. The molecule has 2 nitrogen and oxygen atoms in total. The quantitative estimate of drug-likeness (QED) is 0.713. The third kappa shape index (κ3) is 3.01. The summed E-state index contributed by atoms with van der Waals surface area (Å²) in [4.78, 5) is 1.49. The van der Waals surface area contributed by atoms with Crippen LogP contribution in [0.4, 0.5) is 8.78 Å². The van der Waals surface area contributed by atoms with E-state index in [2.05, 4.69) is 0 Å². The van der Waals surface area contributed by atoms with Gasteiger partial charge in [0.2, 0.25) is 0 Å². The van der Waals surface area contributed by atoms with Gasteiger partial charge >= 0.3 is 0 Å². The number of nitrogens with zero attached hydrogens (tertiary/aromatic N) is 1. The Labute approximate surface area is 89.8 Å². The summed E-state index contributed by atoms with van der Waals surface area (Å²) < 4.78 is 25.0. The molecular weight excluding hydrogens is 229 g/mol. The van der Waals surface area contributed by atoms with Crippen LogP contribution in [0.1, 0.15) is 6.42 Å². The monoisotopic (exact) mass is 240 g/mol. The van der Waals surface area contributed by atoms with Gasteiger partial charge in [-0.25, -0.2) is 8.78 Å². The summed E-state index contributed by atoms with van der Waals surface area (Å²) in [5.41, 5.74) is 0. The SMILES string of the molecule is CN1CC(F)(F)CC1CO.[Y]. The Balaban J connectivity index is 0.000001000. The molecule has 0 aromatic carbocycles. The summed E-state index contributed by atoms with van der Waals surface area (Å²) in [6, 6.07) is -0.352. The van der Waals surface area contributed by atoms with Gasteiger partial charge in [-0.15, -0.1) is 0 Å². The fourth-order valence-corrected chi connectivity index (χ4v) is 1.26. The Kier molecular flexibility index (Phi) is 4.55. The number of likely N-dealkylation sites (N-methyl/N-ethyl adjacent to an activating group) is 1. The molecule has 0 aromatic rings. The van der Waals surface area contributed by atoms with Gasteiger partial charge in [-0.3, -0.25) is 4.90 Å². The molecule has 0 spiro atoms. The van der Waals surface area contributed by atoms with Crippen LogP contribution in [0, 0.1) is 0 Å². The molecule has 1 saturated heterocycles. The summed E-state index contributed by atoms with van der Waals surface area (Å²) >= 11 is 0. The molecule has 1 aliphatic rings. The van der Waals surface area contributed by atoms with Crippen LogP contribution < -0.4 is 0 Å². The van der Waals surface area contributed by atoms with Gasteiger partial charge < -0.3 is 5.11 Å². The van der Waals surface area contributed by atoms with Crippen LogP contribution in [0.5, 0.6) is 0 Å². The van der Waals surface area contributed by atoms with Gasteiger partial charge in [-0.2, -0.15) is 0 Å². The average molecular weight is 240 g/mol. The fourth-order valence-electron chi connectivity index (χ4n) is 1.26. The van der Waals surface area contributed by atoms with Gasteiger partial charge in [0.15, 0.2) is 0 Å². The van der Waals surface area contributed by atoms with Crippen LogP contribution >= 0.6 is 0 Å². The standard InChI is InChI=1S/C6H11F2NO.Y/c1-9-4-6(7,8)2-5(9)3-10;/h5,10H,2-4H2,1H3;. The number of likely N-dealkylation sites (tertiary alicyclic amines) is 1. The molecule has 1 heterocycles. The van der Waals surface area contributed by atoms with Crippen molar-refractivity contribution in [1.82, 2.24) is 4.90 Å². The largest absolute Gasteiger partial charge is 0.395 e.